The van der Waals surface area contributed by atoms with Crippen molar-refractivity contribution in [2.45, 2.75) is 26.1 Å². The average molecular weight is 466 g/mol. The summed E-state index contributed by atoms with van der Waals surface area (Å²) in [7, 11) is 0. The number of carboxylic acids is 1. The monoisotopic (exact) mass is 466 g/mol. The number of aromatic amines is 1. The lowest BCUT2D eigenvalue weighted by Crippen LogP contribution is -2.34. The zero-order valence-corrected chi connectivity index (χ0v) is 17.6. The highest BCUT2D eigenvalue weighted by molar-refractivity contribution is 5.77. The molecule has 0 aliphatic rings. The number of aliphatic carboxylic acids is 1. The fourth-order valence-corrected chi connectivity index (χ4v) is 2.27. The number of ether oxygens (including phenoxy) is 1. The number of amides is 1. The van der Waals surface area contributed by atoms with Gasteiger partial charge in [-0.25, -0.2) is 14.8 Å². The maximum atomic E-state index is 11.7. The summed E-state index contributed by atoms with van der Waals surface area (Å²) in [4.78, 5) is 29.4. The van der Waals surface area contributed by atoms with E-state index in [1.54, 1.807) is 36.8 Å². The number of carboxylic acid groups (broad SMARTS) is 1. The third kappa shape index (κ3) is 8.85. The first-order chi connectivity index (χ1) is 15.5. The van der Waals surface area contributed by atoms with Crippen molar-refractivity contribution in [3.05, 3.63) is 48.9 Å². The van der Waals surface area contributed by atoms with E-state index in [-0.39, 0.29) is 18.6 Å². The predicted octanol–water partition coefficient (Wildman–Crippen LogP) is 3.15. The summed E-state index contributed by atoms with van der Waals surface area (Å²) < 4.78 is 37.3. The van der Waals surface area contributed by atoms with Crippen molar-refractivity contribution in [1.82, 2.24) is 25.5 Å². The summed E-state index contributed by atoms with van der Waals surface area (Å²) >= 11 is 0. The van der Waals surface area contributed by atoms with Crippen LogP contribution in [0.2, 0.25) is 0 Å². The summed E-state index contributed by atoms with van der Waals surface area (Å²) in [5.41, 5.74) is 1.60. The summed E-state index contributed by atoms with van der Waals surface area (Å²) in [6, 6.07) is 9.17. The molecule has 1 amide bonds. The second kappa shape index (κ2) is 11.5. The van der Waals surface area contributed by atoms with E-state index in [9.17, 15) is 18.0 Å². The molecule has 2 heterocycles. The van der Waals surface area contributed by atoms with E-state index in [1.165, 1.54) is 0 Å². The number of aromatic nitrogens is 4. The Kier molecular flexibility index (Phi) is 8.72. The maximum Gasteiger partial charge on any atom is 0.490 e. The molecule has 13 heteroatoms. The Morgan fingerprint density at radius 3 is 2.58 bits per heavy atom. The second-order valence-electron chi connectivity index (χ2n) is 6.72. The fraction of sp³-hybridized carbons (Fsp3) is 0.250. The third-order valence-corrected chi connectivity index (χ3v) is 3.58. The van der Waals surface area contributed by atoms with Crippen molar-refractivity contribution in [3.8, 4) is 17.1 Å². The topological polar surface area (TPSA) is 142 Å². The molecule has 0 aliphatic heterocycles. The Labute approximate surface area is 186 Å². The van der Waals surface area contributed by atoms with E-state index in [0.717, 1.165) is 11.3 Å². The first-order valence-electron chi connectivity index (χ1n) is 9.46. The van der Waals surface area contributed by atoms with Crippen LogP contribution in [-0.2, 0) is 9.59 Å². The molecule has 0 aliphatic carbocycles. The van der Waals surface area contributed by atoms with E-state index in [4.69, 9.17) is 14.6 Å². The first kappa shape index (κ1) is 25.1. The highest BCUT2D eigenvalue weighted by Gasteiger charge is 2.38. The largest absolute Gasteiger partial charge is 0.490 e. The Balaban J connectivity index is 0.000000479. The van der Waals surface area contributed by atoms with Crippen LogP contribution in [0.25, 0.3) is 11.4 Å². The van der Waals surface area contributed by atoms with Crippen molar-refractivity contribution in [1.29, 1.82) is 0 Å². The Morgan fingerprint density at radius 2 is 1.97 bits per heavy atom. The van der Waals surface area contributed by atoms with E-state index in [0.29, 0.717) is 17.4 Å². The molecule has 3 rings (SSSR count). The molecular formula is C20H21F3N6O4. The molecular weight excluding hydrogens is 445 g/mol. The molecule has 176 valence electrons. The lowest BCUT2D eigenvalue weighted by Gasteiger charge is -2.10. The molecule has 4 N–H and O–H groups in total. The molecule has 10 nitrogen and oxygen atoms in total. The smallest absolute Gasteiger partial charge is 0.484 e. The van der Waals surface area contributed by atoms with Gasteiger partial charge in [-0.3, -0.25) is 9.89 Å². The molecule has 0 saturated heterocycles. The number of nitrogens with one attached hydrogen (secondary N) is 3. The fourth-order valence-electron chi connectivity index (χ4n) is 2.27. The summed E-state index contributed by atoms with van der Waals surface area (Å²) in [5.74, 6) is -1.13. The predicted molar refractivity (Wildman–Crippen MR) is 112 cm³/mol. The van der Waals surface area contributed by atoms with Gasteiger partial charge in [-0.1, -0.05) is 12.1 Å². The number of halogens is 3. The molecule has 0 fully saturated rings. The van der Waals surface area contributed by atoms with Gasteiger partial charge in [0.1, 0.15) is 11.6 Å². The van der Waals surface area contributed by atoms with Crippen LogP contribution in [0.3, 0.4) is 0 Å². The molecule has 3 aromatic rings. The van der Waals surface area contributed by atoms with Crippen LogP contribution < -0.4 is 15.4 Å². The summed E-state index contributed by atoms with van der Waals surface area (Å²) in [5, 5.41) is 19.7. The standard InChI is InChI=1S/C18H20N6O2.C2HF3O2/c1-12(2)22-17(25)11-26-15-5-3-4-13(8-15)18-19-7-6-16(24-18)23-14-9-20-21-10-14;3-2(4,5)1(6)7/h3-10,12H,11H2,1-2H3,(H,20,21)(H,22,25)(H,19,23,24);(H,6,7). The zero-order valence-electron chi connectivity index (χ0n) is 17.6. The number of nitrogens with zero attached hydrogens (tertiary/aromatic N) is 3. The van der Waals surface area contributed by atoms with Gasteiger partial charge in [-0.15, -0.1) is 0 Å². The van der Waals surface area contributed by atoms with Crippen molar-refractivity contribution < 1.29 is 32.6 Å². The summed E-state index contributed by atoms with van der Waals surface area (Å²) in [6.07, 6.45) is -0.00867. The van der Waals surface area contributed by atoms with Gasteiger partial charge < -0.3 is 20.5 Å². The molecule has 0 spiro atoms. The minimum atomic E-state index is -5.08. The molecule has 0 radical (unpaired) electrons. The number of anilines is 2. The number of hydrogen-bond acceptors (Lipinski definition) is 7. The molecule has 0 unspecified atom stereocenters. The Bertz CT molecular complexity index is 1060. The van der Waals surface area contributed by atoms with Gasteiger partial charge in [-0.2, -0.15) is 18.3 Å². The van der Waals surface area contributed by atoms with E-state index in [1.807, 2.05) is 26.0 Å². The minimum Gasteiger partial charge on any atom is -0.484 e. The Hall–Kier alpha value is -4.16. The molecule has 0 atom stereocenters. The van der Waals surface area contributed by atoms with Gasteiger partial charge in [0.25, 0.3) is 5.91 Å². The lowest BCUT2D eigenvalue weighted by atomic mass is 10.2. The normalized spacial score (nSPS) is 10.7. The van der Waals surface area contributed by atoms with Gasteiger partial charge in [0.15, 0.2) is 12.4 Å². The van der Waals surface area contributed by atoms with Gasteiger partial charge >= 0.3 is 12.1 Å². The lowest BCUT2D eigenvalue weighted by molar-refractivity contribution is -0.192. The van der Waals surface area contributed by atoms with Crippen LogP contribution in [0.15, 0.2) is 48.9 Å². The number of carbonyl (C=O) groups excluding carboxylic acids is 1. The first-order valence-corrected chi connectivity index (χ1v) is 9.46. The molecule has 33 heavy (non-hydrogen) atoms. The van der Waals surface area contributed by atoms with Gasteiger partial charge in [0, 0.05) is 24.0 Å². The number of H-pyrrole nitrogens is 1. The van der Waals surface area contributed by atoms with Crippen LogP contribution in [0.5, 0.6) is 5.75 Å². The molecule has 0 saturated carbocycles. The molecule has 0 bridgehead atoms. The zero-order chi connectivity index (χ0) is 24.4. The van der Waals surface area contributed by atoms with Crippen molar-refractivity contribution >= 4 is 23.4 Å². The molecule has 2 aromatic heterocycles. The van der Waals surface area contributed by atoms with E-state index < -0.39 is 12.1 Å². The number of carbonyl (C=O) groups is 2. The highest BCUT2D eigenvalue weighted by Crippen LogP contribution is 2.22. The van der Waals surface area contributed by atoms with Gasteiger partial charge in [-0.05, 0) is 32.0 Å². The SMILES string of the molecule is CC(C)NC(=O)COc1cccc(-c2nccc(Nc3cn[nH]c3)n2)c1.O=C(O)C(F)(F)F. The van der Waals surface area contributed by atoms with E-state index in [2.05, 4.69) is 30.8 Å². The maximum absolute atomic E-state index is 11.7. The van der Waals surface area contributed by atoms with Crippen LogP contribution in [0.4, 0.5) is 24.7 Å². The second-order valence-corrected chi connectivity index (χ2v) is 6.72. The van der Waals surface area contributed by atoms with Crippen LogP contribution in [0.1, 0.15) is 13.8 Å². The van der Waals surface area contributed by atoms with Crippen LogP contribution in [-0.4, -0.2) is 56.0 Å². The van der Waals surface area contributed by atoms with Crippen molar-refractivity contribution in [2.24, 2.45) is 0 Å². The third-order valence-electron chi connectivity index (χ3n) is 3.58. The minimum absolute atomic E-state index is 0.0371. The van der Waals surface area contributed by atoms with Gasteiger partial charge in [0.05, 0.1) is 11.9 Å². The molecule has 1 aromatic carbocycles. The van der Waals surface area contributed by atoms with Crippen LogP contribution in [0, 0.1) is 0 Å². The van der Waals surface area contributed by atoms with Gasteiger partial charge in [0.2, 0.25) is 0 Å². The van der Waals surface area contributed by atoms with E-state index >= 15 is 0 Å². The number of benzene rings is 1. The average Bonchev–Trinajstić information content (AvgIpc) is 3.25. The number of hydrogen-bond donors (Lipinski definition) is 4. The van der Waals surface area contributed by atoms with Crippen LogP contribution >= 0.6 is 0 Å². The number of rotatable bonds is 7. The highest BCUT2D eigenvalue weighted by atomic mass is 19.4. The quantitative estimate of drug-likeness (QED) is 0.416. The number of alkyl halides is 3. The van der Waals surface area contributed by atoms with Crippen molar-refractivity contribution in [3.63, 3.8) is 0 Å². The Morgan fingerprint density at radius 1 is 1.24 bits per heavy atom. The van der Waals surface area contributed by atoms with Crippen molar-refractivity contribution in [2.75, 3.05) is 11.9 Å². The summed E-state index contributed by atoms with van der Waals surface area (Å²) in [6.45, 7) is 3.77.